The largest absolute Gasteiger partial charge is 0.462 e. The van der Waals surface area contributed by atoms with E-state index in [1.54, 1.807) is 0 Å². The van der Waals surface area contributed by atoms with E-state index >= 15 is 0 Å². The van der Waals surface area contributed by atoms with Gasteiger partial charge in [-0.1, -0.05) is 43.7 Å². The maximum atomic E-state index is 11.3. The summed E-state index contributed by atoms with van der Waals surface area (Å²) in [6.07, 6.45) is 2.64. The Morgan fingerprint density at radius 3 is 2.73 bits per heavy atom. The van der Waals surface area contributed by atoms with E-state index in [4.69, 9.17) is 4.74 Å². The van der Waals surface area contributed by atoms with Gasteiger partial charge in [0.1, 0.15) is 6.10 Å². The molecular formula is C13H16O2. The van der Waals surface area contributed by atoms with Gasteiger partial charge in [0.15, 0.2) is 0 Å². The lowest BCUT2D eigenvalue weighted by atomic mass is 9.90. The van der Waals surface area contributed by atoms with E-state index in [9.17, 15) is 4.79 Å². The fourth-order valence-electron chi connectivity index (χ4n) is 2.19. The highest BCUT2D eigenvalue weighted by Crippen LogP contribution is 2.34. The van der Waals surface area contributed by atoms with Gasteiger partial charge in [-0.3, -0.25) is 4.79 Å². The Morgan fingerprint density at radius 1 is 1.33 bits per heavy atom. The molecule has 15 heavy (non-hydrogen) atoms. The van der Waals surface area contributed by atoms with Crippen molar-refractivity contribution in [1.29, 1.82) is 0 Å². The quantitative estimate of drug-likeness (QED) is 0.708. The number of carbonyl (C=O) groups excluding carboxylic acids is 1. The van der Waals surface area contributed by atoms with Crippen LogP contribution in [-0.4, -0.2) is 12.1 Å². The lowest BCUT2D eigenvalue weighted by Gasteiger charge is -2.16. The van der Waals surface area contributed by atoms with Gasteiger partial charge < -0.3 is 4.74 Å². The van der Waals surface area contributed by atoms with Crippen molar-refractivity contribution >= 4 is 5.97 Å². The molecule has 0 amide bonds. The van der Waals surface area contributed by atoms with Gasteiger partial charge in [-0.05, 0) is 12.0 Å². The first kappa shape index (κ1) is 10.2. The molecule has 0 N–H and O–H groups in total. The van der Waals surface area contributed by atoms with E-state index in [-0.39, 0.29) is 18.0 Å². The third-order valence-electron chi connectivity index (χ3n) is 2.92. The Morgan fingerprint density at radius 2 is 2.07 bits per heavy atom. The first-order valence-electron chi connectivity index (χ1n) is 5.55. The zero-order valence-corrected chi connectivity index (χ0v) is 8.98. The van der Waals surface area contributed by atoms with Crippen LogP contribution in [0.5, 0.6) is 0 Å². The molecule has 2 heteroatoms. The highest BCUT2D eigenvalue weighted by molar-refractivity contribution is 5.73. The second-order valence-corrected chi connectivity index (χ2v) is 4.04. The van der Waals surface area contributed by atoms with Crippen LogP contribution in [-0.2, 0) is 9.53 Å². The molecule has 0 aromatic heterocycles. The lowest BCUT2D eigenvalue weighted by Crippen LogP contribution is -2.13. The van der Waals surface area contributed by atoms with E-state index in [2.05, 4.69) is 19.1 Å². The molecule has 0 radical (unpaired) electrons. The Bertz CT molecular complexity index is 332. The van der Waals surface area contributed by atoms with Crippen LogP contribution in [0.3, 0.4) is 0 Å². The minimum atomic E-state index is -0.0534. The standard InChI is InChI=1S/C13H16O2/c1-2-6-12-11(9-13(14)15-12)10-7-4-3-5-8-10/h3-5,7-8,11-12H,2,6,9H2,1H3/t11-,12-/m0/s1. The molecular weight excluding hydrogens is 188 g/mol. The maximum absolute atomic E-state index is 11.3. The fourth-order valence-corrected chi connectivity index (χ4v) is 2.19. The number of esters is 1. The van der Waals surface area contributed by atoms with Crippen molar-refractivity contribution in [3.8, 4) is 0 Å². The molecule has 1 aliphatic heterocycles. The van der Waals surface area contributed by atoms with Gasteiger partial charge >= 0.3 is 5.97 Å². The summed E-state index contributed by atoms with van der Waals surface area (Å²) < 4.78 is 5.33. The second-order valence-electron chi connectivity index (χ2n) is 4.04. The highest BCUT2D eigenvalue weighted by Gasteiger charge is 2.34. The molecule has 1 fully saturated rings. The summed E-state index contributed by atoms with van der Waals surface area (Å²) in [5, 5.41) is 0. The summed E-state index contributed by atoms with van der Waals surface area (Å²) in [4.78, 5) is 11.3. The highest BCUT2D eigenvalue weighted by atomic mass is 16.5. The molecule has 2 rings (SSSR count). The van der Waals surface area contributed by atoms with E-state index in [1.165, 1.54) is 5.56 Å². The molecule has 1 heterocycles. The molecule has 2 nitrogen and oxygen atoms in total. The van der Waals surface area contributed by atoms with Gasteiger partial charge in [0.05, 0.1) is 6.42 Å². The summed E-state index contributed by atoms with van der Waals surface area (Å²) in [7, 11) is 0. The third kappa shape index (κ3) is 2.20. The number of hydrogen-bond donors (Lipinski definition) is 0. The molecule has 2 atom stereocenters. The molecule has 1 saturated heterocycles. The number of cyclic esters (lactones) is 1. The molecule has 0 spiro atoms. The minimum Gasteiger partial charge on any atom is -0.462 e. The van der Waals surface area contributed by atoms with E-state index in [1.807, 2.05) is 18.2 Å². The monoisotopic (exact) mass is 204 g/mol. The van der Waals surface area contributed by atoms with E-state index in [0.717, 1.165) is 12.8 Å². The van der Waals surface area contributed by atoms with E-state index < -0.39 is 0 Å². The second kappa shape index (κ2) is 4.47. The molecule has 0 aliphatic carbocycles. The van der Waals surface area contributed by atoms with Gasteiger partial charge in [-0.2, -0.15) is 0 Å². The van der Waals surface area contributed by atoms with Crippen LogP contribution < -0.4 is 0 Å². The van der Waals surface area contributed by atoms with E-state index in [0.29, 0.717) is 6.42 Å². The molecule has 0 unspecified atom stereocenters. The van der Waals surface area contributed by atoms with Gasteiger partial charge in [0.2, 0.25) is 0 Å². The summed E-state index contributed by atoms with van der Waals surface area (Å²) in [6.45, 7) is 2.12. The Balaban J connectivity index is 2.17. The number of hydrogen-bond acceptors (Lipinski definition) is 2. The molecule has 80 valence electrons. The van der Waals surface area contributed by atoms with Gasteiger partial charge in [-0.25, -0.2) is 0 Å². The Kier molecular flexibility index (Phi) is 3.05. The molecule has 1 aromatic carbocycles. The summed E-state index contributed by atoms with van der Waals surface area (Å²) in [5.41, 5.74) is 1.22. The Hall–Kier alpha value is -1.31. The minimum absolute atomic E-state index is 0.0534. The van der Waals surface area contributed by atoms with Crippen LogP contribution in [0.1, 0.15) is 37.7 Å². The van der Waals surface area contributed by atoms with Crippen molar-refractivity contribution in [2.24, 2.45) is 0 Å². The van der Waals surface area contributed by atoms with Crippen LogP contribution in [0.4, 0.5) is 0 Å². The smallest absolute Gasteiger partial charge is 0.306 e. The zero-order valence-electron chi connectivity index (χ0n) is 8.98. The van der Waals surface area contributed by atoms with Crippen molar-refractivity contribution in [3.63, 3.8) is 0 Å². The molecule has 0 bridgehead atoms. The predicted molar refractivity (Wildman–Crippen MR) is 58.6 cm³/mol. The first-order chi connectivity index (χ1) is 7.31. The van der Waals surface area contributed by atoms with Gasteiger partial charge in [0.25, 0.3) is 0 Å². The third-order valence-corrected chi connectivity index (χ3v) is 2.92. The van der Waals surface area contributed by atoms with Crippen LogP contribution in [0.2, 0.25) is 0 Å². The van der Waals surface area contributed by atoms with Crippen molar-refractivity contribution in [2.45, 2.75) is 38.2 Å². The normalized spacial score (nSPS) is 25.3. The lowest BCUT2D eigenvalue weighted by molar-refractivity contribution is -0.141. The van der Waals surface area contributed by atoms with Gasteiger partial charge in [0, 0.05) is 5.92 Å². The van der Waals surface area contributed by atoms with Crippen molar-refractivity contribution < 1.29 is 9.53 Å². The summed E-state index contributed by atoms with van der Waals surface area (Å²) in [6, 6.07) is 10.2. The number of rotatable bonds is 3. The van der Waals surface area contributed by atoms with Crippen molar-refractivity contribution in [2.75, 3.05) is 0 Å². The molecule has 0 saturated carbocycles. The topological polar surface area (TPSA) is 26.3 Å². The van der Waals surface area contributed by atoms with Gasteiger partial charge in [-0.15, -0.1) is 0 Å². The number of ether oxygens (including phenoxy) is 1. The first-order valence-corrected chi connectivity index (χ1v) is 5.55. The number of benzene rings is 1. The Labute approximate surface area is 90.3 Å². The SMILES string of the molecule is CCC[C@@H]1OC(=O)C[C@H]1c1ccccc1. The maximum Gasteiger partial charge on any atom is 0.306 e. The zero-order chi connectivity index (χ0) is 10.7. The average Bonchev–Trinajstić information content (AvgIpc) is 2.62. The van der Waals surface area contributed by atoms with Crippen molar-refractivity contribution in [1.82, 2.24) is 0 Å². The predicted octanol–water partition coefficient (Wildman–Crippen LogP) is 2.89. The van der Waals surface area contributed by atoms with Crippen LogP contribution in [0.25, 0.3) is 0 Å². The fraction of sp³-hybridized carbons (Fsp3) is 0.462. The van der Waals surface area contributed by atoms with Crippen LogP contribution >= 0.6 is 0 Å². The van der Waals surface area contributed by atoms with Crippen LogP contribution in [0.15, 0.2) is 30.3 Å². The molecule has 1 aromatic rings. The van der Waals surface area contributed by atoms with Crippen LogP contribution in [0, 0.1) is 0 Å². The molecule has 1 aliphatic rings. The summed E-state index contributed by atoms with van der Waals surface area (Å²) >= 11 is 0. The number of carbonyl (C=O) groups is 1. The summed E-state index contributed by atoms with van der Waals surface area (Å²) in [5.74, 6) is 0.209. The van der Waals surface area contributed by atoms with Crippen molar-refractivity contribution in [3.05, 3.63) is 35.9 Å². The average molecular weight is 204 g/mol.